The zero-order chi connectivity index (χ0) is 14.0. The fraction of sp³-hybridized carbons (Fsp3) is 0.500. The quantitative estimate of drug-likeness (QED) is 0.617. The van der Waals surface area contributed by atoms with Crippen LogP contribution in [-0.4, -0.2) is 26.0 Å². The molecule has 102 valence electrons. The lowest BCUT2D eigenvalue weighted by Crippen LogP contribution is -2.58. The third-order valence-electron chi connectivity index (χ3n) is 2.91. The summed E-state index contributed by atoms with van der Waals surface area (Å²) in [7, 11) is -0.482. The first-order valence-corrected chi connectivity index (χ1v) is 6.50. The summed E-state index contributed by atoms with van der Waals surface area (Å²) in [6.07, 6.45) is -0.243. The van der Waals surface area contributed by atoms with E-state index in [2.05, 4.69) is 0 Å². The Morgan fingerprint density at radius 1 is 1.32 bits per heavy atom. The van der Waals surface area contributed by atoms with E-state index in [4.69, 9.17) is 14.0 Å². The molecule has 0 bridgehead atoms. The highest BCUT2D eigenvalue weighted by atomic mass is 16.8. The lowest BCUT2D eigenvalue weighted by Gasteiger charge is -2.42. The monoisotopic (exact) mass is 262 g/mol. The number of hydrogen-bond donors (Lipinski definition) is 0. The minimum Gasteiger partial charge on any atom is -0.462 e. The number of esters is 1. The summed E-state index contributed by atoms with van der Waals surface area (Å²) in [5.74, 6) is -0.343. The Morgan fingerprint density at radius 2 is 1.95 bits per heavy atom. The molecule has 5 heteroatoms. The number of rotatable bonds is 3. The lowest BCUT2D eigenvalue weighted by atomic mass is 9.71. The second kappa shape index (κ2) is 5.35. The molecule has 2 rings (SSSR count). The Bertz CT molecular complexity index is 461. The van der Waals surface area contributed by atoms with Crippen LogP contribution >= 0.6 is 0 Å². The maximum Gasteiger partial charge on any atom is 0.498 e. The Balaban J connectivity index is 2.12. The van der Waals surface area contributed by atoms with Gasteiger partial charge in [-0.1, -0.05) is 39.0 Å². The second-order valence-corrected chi connectivity index (χ2v) is 5.61. The van der Waals surface area contributed by atoms with Crippen molar-refractivity contribution in [1.82, 2.24) is 0 Å². The largest absolute Gasteiger partial charge is 0.498 e. The van der Waals surface area contributed by atoms with Crippen LogP contribution in [0.4, 0.5) is 0 Å². The molecule has 0 N–H and O–H groups in total. The van der Waals surface area contributed by atoms with Crippen molar-refractivity contribution in [2.75, 3.05) is 6.61 Å². The Labute approximate surface area is 114 Å². The van der Waals surface area contributed by atoms with E-state index in [-0.39, 0.29) is 17.7 Å². The maximum absolute atomic E-state index is 11.9. The van der Waals surface area contributed by atoms with Gasteiger partial charge in [0, 0.05) is 5.41 Å². The number of hydrogen-bond acceptors (Lipinski definition) is 4. The van der Waals surface area contributed by atoms with Crippen LogP contribution in [0, 0.1) is 5.41 Å². The third-order valence-corrected chi connectivity index (χ3v) is 2.91. The molecule has 1 aromatic carbocycles. The van der Waals surface area contributed by atoms with Gasteiger partial charge in [0.15, 0.2) is 0 Å². The van der Waals surface area contributed by atoms with Crippen LogP contribution in [0.5, 0.6) is 0 Å². The van der Waals surface area contributed by atoms with Crippen LogP contribution in [0.2, 0.25) is 0 Å². The van der Waals surface area contributed by atoms with E-state index >= 15 is 0 Å². The van der Waals surface area contributed by atoms with Crippen molar-refractivity contribution < 1.29 is 18.8 Å². The summed E-state index contributed by atoms with van der Waals surface area (Å²) < 4.78 is 16.5. The van der Waals surface area contributed by atoms with Gasteiger partial charge < -0.3 is 14.0 Å². The van der Waals surface area contributed by atoms with Crippen LogP contribution in [0.1, 0.15) is 38.1 Å². The molecule has 19 heavy (non-hydrogen) atoms. The highest BCUT2D eigenvalue weighted by Gasteiger charge is 2.45. The lowest BCUT2D eigenvalue weighted by molar-refractivity contribution is -0.167. The molecule has 0 saturated carbocycles. The van der Waals surface area contributed by atoms with Gasteiger partial charge in [0.1, 0.15) is 6.29 Å². The molecule has 1 aliphatic rings. The highest BCUT2D eigenvalue weighted by Crippen LogP contribution is 2.30. The van der Waals surface area contributed by atoms with Crippen molar-refractivity contribution in [2.24, 2.45) is 5.41 Å². The van der Waals surface area contributed by atoms with E-state index in [0.29, 0.717) is 12.2 Å². The van der Waals surface area contributed by atoms with Crippen molar-refractivity contribution in [1.29, 1.82) is 0 Å². The zero-order valence-electron chi connectivity index (χ0n) is 11.8. The van der Waals surface area contributed by atoms with Crippen molar-refractivity contribution >= 4 is 18.6 Å². The molecule has 4 nitrogen and oxygen atoms in total. The van der Waals surface area contributed by atoms with Crippen LogP contribution in [0.25, 0.3) is 0 Å². The average Bonchev–Trinajstić information content (AvgIpc) is 2.26. The standard InChI is InChI=1S/C14H19BO4/c1-5-17-12(16)10-8-6-7-9-11(10)15-18-13(19-15)14(2,3)4/h6-9,13H,5H2,1-4H3. The van der Waals surface area contributed by atoms with Crippen molar-refractivity contribution in [2.45, 2.75) is 34.0 Å². The minimum atomic E-state index is -0.482. The summed E-state index contributed by atoms with van der Waals surface area (Å²) in [5.41, 5.74) is 1.15. The van der Waals surface area contributed by atoms with Gasteiger partial charge in [0.05, 0.1) is 12.2 Å². The Morgan fingerprint density at radius 3 is 2.53 bits per heavy atom. The van der Waals surface area contributed by atoms with E-state index in [1.165, 1.54) is 0 Å². The van der Waals surface area contributed by atoms with E-state index < -0.39 is 7.12 Å². The summed E-state index contributed by atoms with van der Waals surface area (Å²) in [5, 5.41) is 0. The molecule has 1 aromatic rings. The van der Waals surface area contributed by atoms with E-state index in [1.807, 2.05) is 32.9 Å². The second-order valence-electron chi connectivity index (χ2n) is 5.61. The van der Waals surface area contributed by atoms with Crippen molar-refractivity contribution in [3.05, 3.63) is 29.8 Å². The summed E-state index contributed by atoms with van der Waals surface area (Å²) in [4.78, 5) is 11.9. The molecular weight excluding hydrogens is 243 g/mol. The first kappa shape index (κ1) is 14.1. The van der Waals surface area contributed by atoms with Crippen LogP contribution < -0.4 is 5.46 Å². The number of benzene rings is 1. The van der Waals surface area contributed by atoms with Gasteiger partial charge in [-0.25, -0.2) is 4.79 Å². The molecule has 0 radical (unpaired) electrons. The predicted molar refractivity (Wildman–Crippen MR) is 73.2 cm³/mol. The molecule has 1 fully saturated rings. The predicted octanol–water partition coefficient (Wildman–Crippen LogP) is 1.98. The van der Waals surface area contributed by atoms with Gasteiger partial charge in [-0.15, -0.1) is 0 Å². The molecular formula is C14H19BO4. The van der Waals surface area contributed by atoms with Crippen LogP contribution in [-0.2, 0) is 14.0 Å². The van der Waals surface area contributed by atoms with E-state index in [1.54, 1.807) is 19.1 Å². The van der Waals surface area contributed by atoms with Crippen LogP contribution in [0.3, 0.4) is 0 Å². The van der Waals surface area contributed by atoms with Gasteiger partial charge >= 0.3 is 13.1 Å². The van der Waals surface area contributed by atoms with Crippen molar-refractivity contribution in [3.8, 4) is 0 Å². The Kier molecular flexibility index (Phi) is 3.97. The fourth-order valence-electron chi connectivity index (χ4n) is 1.89. The molecule has 1 heterocycles. The molecule has 0 amide bonds. The third kappa shape index (κ3) is 2.99. The number of ether oxygens (including phenoxy) is 1. The number of carbonyl (C=O) groups is 1. The number of carbonyl (C=O) groups excluding carboxylic acids is 1. The zero-order valence-corrected chi connectivity index (χ0v) is 11.8. The average molecular weight is 262 g/mol. The van der Waals surface area contributed by atoms with Gasteiger partial charge in [0.25, 0.3) is 0 Å². The normalized spacial score (nSPS) is 16.1. The van der Waals surface area contributed by atoms with Crippen molar-refractivity contribution in [3.63, 3.8) is 0 Å². The smallest absolute Gasteiger partial charge is 0.462 e. The SMILES string of the molecule is CCOC(=O)c1ccccc1B1OC(C(C)(C)C)O1. The first-order valence-electron chi connectivity index (χ1n) is 6.50. The summed E-state index contributed by atoms with van der Waals surface area (Å²) in [6, 6.07) is 7.21. The van der Waals surface area contributed by atoms with Gasteiger partial charge in [-0.05, 0) is 18.5 Å². The minimum absolute atomic E-state index is 0.0740. The summed E-state index contributed by atoms with van der Waals surface area (Å²) >= 11 is 0. The van der Waals surface area contributed by atoms with Crippen LogP contribution in [0.15, 0.2) is 24.3 Å². The molecule has 0 aliphatic carbocycles. The molecule has 1 saturated heterocycles. The van der Waals surface area contributed by atoms with E-state index in [9.17, 15) is 4.79 Å². The molecule has 1 aliphatic heterocycles. The Hall–Kier alpha value is -1.33. The van der Waals surface area contributed by atoms with Gasteiger partial charge in [-0.2, -0.15) is 0 Å². The first-order chi connectivity index (χ1) is 8.93. The van der Waals surface area contributed by atoms with E-state index in [0.717, 1.165) is 5.46 Å². The van der Waals surface area contributed by atoms with Gasteiger partial charge in [0.2, 0.25) is 0 Å². The fourth-order valence-corrected chi connectivity index (χ4v) is 1.89. The molecule has 0 aromatic heterocycles. The molecule has 0 atom stereocenters. The molecule has 0 spiro atoms. The maximum atomic E-state index is 11.9. The van der Waals surface area contributed by atoms with Gasteiger partial charge in [-0.3, -0.25) is 0 Å². The topological polar surface area (TPSA) is 44.8 Å². The highest BCUT2D eigenvalue weighted by molar-refractivity contribution is 6.64. The molecule has 0 unspecified atom stereocenters. The summed E-state index contributed by atoms with van der Waals surface area (Å²) in [6.45, 7) is 8.28.